The van der Waals surface area contributed by atoms with Crippen LogP contribution in [0.4, 0.5) is 4.79 Å². The maximum absolute atomic E-state index is 10.5. The van der Waals surface area contributed by atoms with Crippen molar-refractivity contribution in [2.75, 3.05) is 0 Å². The van der Waals surface area contributed by atoms with Gasteiger partial charge in [0, 0.05) is 11.0 Å². The van der Waals surface area contributed by atoms with Gasteiger partial charge in [0.1, 0.15) is 5.82 Å². The van der Waals surface area contributed by atoms with Gasteiger partial charge < -0.3 is 15.0 Å². The molecule has 0 saturated carbocycles. The fraction of sp³-hybridized carbons (Fsp3) is 0.273. The maximum Gasteiger partial charge on any atom is 0.405 e. The number of benzene rings is 1. The highest BCUT2D eigenvalue weighted by atomic mass is 79.9. The molecule has 0 fully saturated rings. The molecule has 0 radical (unpaired) electrons. The lowest BCUT2D eigenvalue weighted by molar-refractivity contribution is 0.193. The van der Waals surface area contributed by atoms with Gasteiger partial charge in [0.25, 0.3) is 0 Å². The van der Waals surface area contributed by atoms with Crippen molar-refractivity contribution < 1.29 is 9.90 Å². The van der Waals surface area contributed by atoms with E-state index in [1.165, 1.54) is 0 Å². The molecule has 0 unspecified atom stereocenters. The largest absolute Gasteiger partial charge is 0.465 e. The van der Waals surface area contributed by atoms with Gasteiger partial charge in [-0.3, -0.25) is 0 Å². The van der Waals surface area contributed by atoms with Gasteiger partial charge >= 0.3 is 6.09 Å². The van der Waals surface area contributed by atoms with E-state index in [2.05, 4.69) is 26.2 Å². The summed E-state index contributed by atoms with van der Waals surface area (Å²) in [6.45, 7) is 2.98. The van der Waals surface area contributed by atoms with E-state index in [1.54, 1.807) is 0 Å². The van der Waals surface area contributed by atoms with E-state index < -0.39 is 6.09 Å². The number of rotatable bonds is 3. The molecular formula is C11H12BrN3O2. The Labute approximate surface area is 107 Å². The van der Waals surface area contributed by atoms with Crippen molar-refractivity contribution in [1.29, 1.82) is 0 Å². The molecule has 0 aliphatic heterocycles. The molecular weight excluding hydrogens is 286 g/mol. The molecule has 2 rings (SSSR count). The first kappa shape index (κ1) is 11.9. The predicted octanol–water partition coefficient (Wildman–Crippen LogP) is 2.59. The molecule has 6 heteroatoms. The van der Waals surface area contributed by atoms with Crippen LogP contribution in [0.25, 0.3) is 11.0 Å². The Kier molecular flexibility index (Phi) is 3.33. The number of fused-ring (bicyclic) bond motifs is 1. The summed E-state index contributed by atoms with van der Waals surface area (Å²) in [6.07, 6.45) is -1.04. The molecule has 0 spiro atoms. The predicted molar refractivity (Wildman–Crippen MR) is 68.0 cm³/mol. The van der Waals surface area contributed by atoms with E-state index in [0.717, 1.165) is 27.9 Å². The zero-order valence-electron chi connectivity index (χ0n) is 9.27. The van der Waals surface area contributed by atoms with Crippen LogP contribution in [0.3, 0.4) is 0 Å². The molecule has 17 heavy (non-hydrogen) atoms. The Balaban J connectivity index is 2.45. The van der Waals surface area contributed by atoms with Crippen LogP contribution in [0.15, 0.2) is 22.7 Å². The number of aryl methyl sites for hydroxylation is 1. The first-order valence-corrected chi connectivity index (χ1v) is 6.02. The summed E-state index contributed by atoms with van der Waals surface area (Å²) in [5.41, 5.74) is 1.88. The van der Waals surface area contributed by atoms with E-state index in [0.29, 0.717) is 0 Å². The van der Waals surface area contributed by atoms with Gasteiger partial charge in [0.05, 0.1) is 17.6 Å². The molecule has 90 valence electrons. The lowest BCUT2D eigenvalue weighted by Gasteiger charge is -2.05. The van der Waals surface area contributed by atoms with Crippen LogP contribution in [0.1, 0.15) is 12.7 Å². The zero-order chi connectivity index (χ0) is 12.4. The molecule has 1 amide bonds. The van der Waals surface area contributed by atoms with Crippen LogP contribution >= 0.6 is 15.9 Å². The van der Waals surface area contributed by atoms with Crippen molar-refractivity contribution in [3.8, 4) is 0 Å². The second-order valence-corrected chi connectivity index (χ2v) is 4.48. The SMILES string of the molecule is CCn1c(CNC(=O)O)nc2ccc(Br)cc21. The fourth-order valence-corrected chi connectivity index (χ4v) is 2.14. The molecule has 0 atom stereocenters. The number of halogens is 1. The van der Waals surface area contributed by atoms with Crippen LogP contribution in [0.5, 0.6) is 0 Å². The third kappa shape index (κ3) is 2.41. The summed E-state index contributed by atoms with van der Waals surface area (Å²) in [4.78, 5) is 14.9. The first-order valence-electron chi connectivity index (χ1n) is 5.23. The van der Waals surface area contributed by atoms with Crippen LogP contribution in [0.2, 0.25) is 0 Å². The standard InChI is InChI=1S/C11H12BrN3O2/c1-2-15-9-5-7(12)3-4-8(9)14-10(15)6-13-11(16)17/h3-5,13H,2,6H2,1H3,(H,16,17). The summed E-state index contributed by atoms with van der Waals surface area (Å²) in [7, 11) is 0. The molecule has 0 saturated heterocycles. The Morgan fingerprint density at radius 3 is 3.00 bits per heavy atom. The molecule has 1 aromatic carbocycles. The summed E-state index contributed by atoms with van der Waals surface area (Å²) in [5, 5.41) is 10.9. The van der Waals surface area contributed by atoms with Crippen molar-refractivity contribution in [1.82, 2.24) is 14.9 Å². The zero-order valence-corrected chi connectivity index (χ0v) is 10.9. The minimum absolute atomic E-state index is 0.218. The number of nitrogens with one attached hydrogen (secondary N) is 1. The van der Waals surface area contributed by atoms with Crippen molar-refractivity contribution in [2.45, 2.75) is 20.0 Å². The Morgan fingerprint density at radius 2 is 2.35 bits per heavy atom. The fourth-order valence-electron chi connectivity index (χ4n) is 1.79. The number of hydrogen-bond donors (Lipinski definition) is 2. The lowest BCUT2D eigenvalue weighted by atomic mass is 10.3. The van der Waals surface area contributed by atoms with Crippen LogP contribution in [-0.2, 0) is 13.1 Å². The van der Waals surface area contributed by atoms with Crippen molar-refractivity contribution >= 4 is 33.1 Å². The molecule has 0 aliphatic carbocycles. The maximum atomic E-state index is 10.5. The lowest BCUT2D eigenvalue weighted by Crippen LogP contribution is -2.22. The number of carbonyl (C=O) groups is 1. The molecule has 2 N–H and O–H groups in total. The molecule has 0 bridgehead atoms. The minimum Gasteiger partial charge on any atom is -0.465 e. The van der Waals surface area contributed by atoms with Crippen LogP contribution < -0.4 is 5.32 Å². The summed E-state index contributed by atoms with van der Waals surface area (Å²) in [5.74, 6) is 0.725. The molecule has 0 aliphatic rings. The molecule has 1 heterocycles. The Morgan fingerprint density at radius 1 is 1.59 bits per heavy atom. The van der Waals surface area contributed by atoms with E-state index in [4.69, 9.17) is 5.11 Å². The number of hydrogen-bond acceptors (Lipinski definition) is 2. The number of imidazole rings is 1. The average Bonchev–Trinajstić information content (AvgIpc) is 2.63. The van der Waals surface area contributed by atoms with Crippen molar-refractivity contribution in [3.63, 3.8) is 0 Å². The average molecular weight is 298 g/mol. The second-order valence-electron chi connectivity index (χ2n) is 3.56. The normalized spacial score (nSPS) is 10.7. The van der Waals surface area contributed by atoms with Gasteiger partial charge in [-0.2, -0.15) is 0 Å². The summed E-state index contributed by atoms with van der Waals surface area (Å²) in [6, 6.07) is 5.82. The van der Waals surface area contributed by atoms with Gasteiger partial charge in [-0.1, -0.05) is 15.9 Å². The van der Waals surface area contributed by atoms with Gasteiger partial charge in [-0.25, -0.2) is 9.78 Å². The quantitative estimate of drug-likeness (QED) is 0.915. The highest BCUT2D eigenvalue weighted by Crippen LogP contribution is 2.21. The topological polar surface area (TPSA) is 67.2 Å². The number of amides is 1. The van der Waals surface area contributed by atoms with E-state index >= 15 is 0 Å². The molecule has 1 aromatic heterocycles. The Bertz CT molecular complexity index is 565. The van der Waals surface area contributed by atoms with Crippen molar-refractivity contribution in [2.24, 2.45) is 0 Å². The highest BCUT2D eigenvalue weighted by molar-refractivity contribution is 9.10. The van der Waals surface area contributed by atoms with E-state index in [-0.39, 0.29) is 6.54 Å². The minimum atomic E-state index is -1.04. The van der Waals surface area contributed by atoms with Gasteiger partial charge in [0.2, 0.25) is 0 Å². The van der Waals surface area contributed by atoms with E-state index in [1.807, 2.05) is 29.7 Å². The number of aromatic nitrogens is 2. The van der Waals surface area contributed by atoms with Crippen LogP contribution in [-0.4, -0.2) is 20.8 Å². The van der Waals surface area contributed by atoms with Crippen LogP contribution in [0, 0.1) is 0 Å². The number of nitrogens with zero attached hydrogens (tertiary/aromatic N) is 2. The Hall–Kier alpha value is -1.56. The third-order valence-corrected chi connectivity index (χ3v) is 3.00. The van der Waals surface area contributed by atoms with E-state index in [9.17, 15) is 4.79 Å². The molecule has 2 aromatic rings. The molecule has 5 nitrogen and oxygen atoms in total. The summed E-state index contributed by atoms with van der Waals surface area (Å²) < 4.78 is 2.98. The smallest absolute Gasteiger partial charge is 0.405 e. The highest BCUT2D eigenvalue weighted by Gasteiger charge is 2.10. The third-order valence-electron chi connectivity index (χ3n) is 2.50. The van der Waals surface area contributed by atoms with Crippen molar-refractivity contribution in [3.05, 3.63) is 28.5 Å². The van der Waals surface area contributed by atoms with Gasteiger partial charge in [0.15, 0.2) is 0 Å². The van der Waals surface area contributed by atoms with Gasteiger partial charge in [-0.15, -0.1) is 0 Å². The van der Waals surface area contributed by atoms with Gasteiger partial charge in [-0.05, 0) is 25.1 Å². The first-order chi connectivity index (χ1) is 8.11. The second kappa shape index (κ2) is 4.75. The monoisotopic (exact) mass is 297 g/mol. The number of carboxylic acid groups (broad SMARTS) is 1. The summed E-state index contributed by atoms with van der Waals surface area (Å²) >= 11 is 3.42.